The van der Waals surface area contributed by atoms with Crippen LogP contribution in [0.4, 0.5) is 0 Å². The van der Waals surface area contributed by atoms with Crippen LogP contribution in [0.3, 0.4) is 0 Å². The standard InChI is InChI=1S/C25H23N3O5S/c29-18-5-3-15(4-6-18)10-19(25(32)28-8-7-21-23(28)20(30)14-33-21)27-24(31)17-11-16(12-26-13-17)22-2-1-9-34-22/h1-6,9,11-13,19,21,23,29H,7-8,10,14H2,(H,27,31)/t19-,21+,23+/m0/s1. The molecule has 2 fully saturated rings. The van der Waals surface area contributed by atoms with Crippen LogP contribution in [0.15, 0.2) is 60.2 Å². The second-order valence-corrected chi connectivity index (χ2v) is 9.36. The highest BCUT2D eigenvalue weighted by Gasteiger charge is 2.48. The highest BCUT2D eigenvalue weighted by molar-refractivity contribution is 7.13. The van der Waals surface area contributed by atoms with Crippen LogP contribution >= 0.6 is 11.3 Å². The molecule has 2 saturated heterocycles. The van der Waals surface area contributed by atoms with Gasteiger partial charge in [-0.2, -0.15) is 0 Å². The molecular formula is C25H23N3O5S. The van der Waals surface area contributed by atoms with Crippen molar-refractivity contribution in [3.8, 4) is 16.2 Å². The molecule has 0 unspecified atom stereocenters. The zero-order chi connectivity index (χ0) is 23.7. The summed E-state index contributed by atoms with van der Waals surface area (Å²) in [4.78, 5) is 45.8. The molecule has 2 N–H and O–H groups in total. The average Bonchev–Trinajstić information content (AvgIpc) is 3.60. The second kappa shape index (κ2) is 9.36. The first kappa shape index (κ1) is 22.2. The number of hydrogen-bond donors (Lipinski definition) is 2. The third-order valence-corrected chi connectivity index (χ3v) is 7.10. The van der Waals surface area contributed by atoms with Crippen LogP contribution in [0.25, 0.3) is 10.4 Å². The Bertz CT molecular complexity index is 1210. The fourth-order valence-corrected chi connectivity index (χ4v) is 5.20. The molecule has 0 aliphatic carbocycles. The first-order valence-electron chi connectivity index (χ1n) is 11.0. The first-order valence-corrected chi connectivity index (χ1v) is 11.9. The fourth-order valence-electron chi connectivity index (χ4n) is 4.49. The quantitative estimate of drug-likeness (QED) is 0.565. The molecule has 0 bridgehead atoms. The van der Waals surface area contributed by atoms with E-state index in [2.05, 4.69) is 10.3 Å². The minimum Gasteiger partial charge on any atom is -0.508 e. The largest absolute Gasteiger partial charge is 0.508 e. The van der Waals surface area contributed by atoms with Gasteiger partial charge in [0.15, 0.2) is 5.78 Å². The number of nitrogens with one attached hydrogen (secondary N) is 1. The number of benzene rings is 1. The SMILES string of the molecule is O=C(N[C@@H](Cc1ccc(O)cc1)C(=O)N1CC[C@H]2OCC(=O)[C@H]21)c1cncc(-c2cccs2)c1. The van der Waals surface area contributed by atoms with Crippen LogP contribution < -0.4 is 5.32 Å². The number of Topliss-reactive ketones (excluding diaryl/α,β-unsaturated/α-hetero) is 1. The summed E-state index contributed by atoms with van der Waals surface area (Å²) in [6, 6.07) is 10.6. The van der Waals surface area contributed by atoms with Crippen molar-refractivity contribution < 1.29 is 24.2 Å². The fraction of sp³-hybridized carbons (Fsp3) is 0.280. The van der Waals surface area contributed by atoms with Crippen molar-refractivity contribution in [3.63, 3.8) is 0 Å². The summed E-state index contributed by atoms with van der Waals surface area (Å²) in [5.74, 6) is -0.746. The Morgan fingerprint density at radius 1 is 1.24 bits per heavy atom. The first-order chi connectivity index (χ1) is 16.5. The summed E-state index contributed by atoms with van der Waals surface area (Å²) in [5.41, 5.74) is 1.93. The molecule has 8 nitrogen and oxygen atoms in total. The number of phenols is 1. The van der Waals surface area contributed by atoms with Gasteiger partial charge in [-0.3, -0.25) is 19.4 Å². The number of amides is 2. The van der Waals surface area contributed by atoms with Crippen LogP contribution in [-0.2, 0) is 20.7 Å². The van der Waals surface area contributed by atoms with Crippen LogP contribution in [-0.4, -0.2) is 63.9 Å². The van der Waals surface area contributed by atoms with E-state index in [9.17, 15) is 19.5 Å². The molecule has 3 atom stereocenters. The molecule has 2 aromatic heterocycles. The average molecular weight is 478 g/mol. The molecule has 2 amide bonds. The van der Waals surface area contributed by atoms with Crippen LogP contribution in [0.5, 0.6) is 5.75 Å². The number of rotatable bonds is 6. The van der Waals surface area contributed by atoms with Gasteiger partial charge in [0.2, 0.25) is 5.91 Å². The summed E-state index contributed by atoms with van der Waals surface area (Å²) in [6.45, 7) is 0.409. The second-order valence-electron chi connectivity index (χ2n) is 8.42. The van der Waals surface area contributed by atoms with E-state index >= 15 is 0 Å². The molecule has 0 spiro atoms. The summed E-state index contributed by atoms with van der Waals surface area (Å²) in [5, 5.41) is 14.4. The highest BCUT2D eigenvalue weighted by Crippen LogP contribution is 2.28. The lowest BCUT2D eigenvalue weighted by Gasteiger charge is -2.27. The molecule has 174 valence electrons. The van der Waals surface area contributed by atoms with Crippen molar-refractivity contribution in [1.29, 1.82) is 0 Å². The van der Waals surface area contributed by atoms with Gasteiger partial charge in [0.25, 0.3) is 5.91 Å². The van der Waals surface area contributed by atoms with Crippen molar-refractivity contribution in [2.75, 3.05) is 13.2 Å². The van der Waals surface area contributed by atoms with E-state index in [4.69, 9.17) is 4.74 Å². The topological polar surface area (TPSA) is 109 Å². The maximum Gasteiger partial charge on any atom is 0.253 e. The van der Waals surface area contributed by atoms with E-state index in [1.807, 2.05) is 17.5 Å². The zero-order valence-electron chi connectivity index (χ0n) is 18.2. The Morgan fingerprint density at radius 3 is 2.82 bits per heavy atom. The molecule has 3 aromatic rings. The van der Waals surface area contributed by atoms with Crippen molar-refractivity contribution in [1.82, 2.24) is 15.2 Å². The molecule has 0 radical (unpaired) electrons. The molecule has 9 heteroatoms. The third kappa shape index (κ3) is 4.44. The molecule has 0 saturated carbocycles. The maximum atomic E-state index is 13.6. The Balaban J connectivity index is 1.39. The Morgan fingerprint density at radius 2 is 2.06 bits per heavy atom. The molecular weight excluding hydrogens is 454 g/mol. The van der Waals surface area contributed by atoms with Crippen molar-refractivity contribution in [2.24, 2.45) is 0 Å². The maximum absolute atomic E-state index is 13.6. The number of aromatic hydroxyl groups is 1. The van der Waals surface area contributed by atoms with Gasteiger partial charge in [-0.15, -0.1) is 11.3 Å². The predicted molar refractivity (Wildman–Crippen MR) is 125 cm³/mol. The van der Waals surface area contributed by atoms with E-state index in [0.29, 0.717) is 18.5 Å². The van der Waals surface area contributed by atoms with Gasteiger partial charge in [-0.1, -0.05) is 18.2 Å². The summed E-state index contributed by atoms with van der Waals surface area (Å²) >= 11 is 1.55. The Labute approximate surface area is 200 Å². The number of phenolic OH excluding ortho intramolecular Hbond substituents is 1. The number of hydrogen-bond acceptors (Lipinski definition) is 7. The van der Waals surface area contributed by atoms with E-state index < -0.39 is 18.0 Å². The number of likely N-dealkylation sites (tertiary alicyclic amines) is 1. The third-order valence-electron chi connectivity index (χ3n) is 6.18. The summed E-state index contributed by atoms with van der Waals surface area (Å²) in [7, 11) is 0. The zero-order valence-corrected chi connectivity index (χ0v) is 19.0. The van der Waals surface area contributed by atoms with Crippen molar-refractivity contribution in [2.45, 2.75) is 31.0 Å². The van der Waals surface area contributed by atoms with Crippen LogP contribution in [0.1, 0.15) is 22.3 Å². The van der Waals surface area contributed by atoms with Gasteiger partial charge < -0.3 is 20.1 Å². The van der Waals surface area contributed by atoms with E-state index in [1.165, 1.54) is 23.2 Å². The number of nitrogens with zero attached hydrogens (tertiary/aromatic N) is 2. The summed E-state index contributed by atoms with van der Waals surface area (Å²) in [6.07, 6.45) is 3.68. The number of fused-ring (bicyclic) bond motifs is 1. The Kier molecular flexibility index (Phi) is 6.12. The normalized spacial score (nSPS) is 20.2. The van der Waals surface area contributed by atoms with E-state index in [0.717, 1.165) is 16.0 Å². The molecule has 2 aliphatic heterocycles. The van der Waals surface area contributed by atoms with Gasteiger partial charge in [-0.25, -0.2) is 0 Å². The number of aromatic nitrogens is 1. The highest BCUT2D eigenvalue weighted by atomic mass is 32.1. The van der Waals surface area contributed by atoms with Gasteiger partial charge >= 0.3 is 0 Å². The van der Waals surface area contributed by atoms with Crippen molar-refractivity contribution >= 4 is 28.9 Å². The van der Waals surface area contributed by atoms with Gasteiger partial charge in [0.1, 0.15) is 24.4 Å². The lowest BCUT2D eigenvalue weighted by molar-refractivity contribution is -0.138. The number of carbonyl (C=O) groups is 3. The van der Waals surface area contributed by atoms with Crippen LogP contribution in [0, 0.1) is 0 Å². The number of pyridine rings is 1. The number of ketones is 1. The van der Waals surface area contributed by atoms with E-state index in [-0.39, 0.29) is 36.6 Å². The number of carbonyl (C=O) groups excluding carboxylic acids is 3. The van der Waals surface area contributed by atoms with Crippen molar-refractivity contribution in [3.05, 3.63) is 71.4 Å². The predicted octanol–water partition coefficient (Wildman–Crippen LogP) is 2.43. The molecule has 34 heavy (non-hydrogen) atoms. The molecule has 5 rings (SSSR count). The monoisotopic (exact) mass is 477 g/mol. The number of thiophene rings is 1. The van der Waals surface area contributed by atoms with Crippen LogP contribution in [0.2, 0.25) is 0 Å². The smallest absolute Gasteiger partial charge is 0.253 e. The van der Waals surface area contributed by atoms with Gasteiger partial charge in [-0.05, 0) is 41.6 Å². The number of ether oxygens (including phenoxy) is 1. The molecule has 2 aliphatic rings. The van der Waals surface area contributed by atoms with Gasteiger partial charge in [0.05, 0.1) is 11.7 Å². The summed E-state index contributed by atoms with van der Waals surface area (Å²) < 4.78 is 5.51. The Hall–Kier alpha value is -3.56. The lowest BCUT2D eigenvalue weighted by Crippen LogP contribution is -2.53. The molecule has 1 aromatic carbocycles. The van der Waals surface area contributed by atoms with E-state index in [1.54, 1.807) is 35.7 Å². The minimum atomic E-state index is -0.894. The molecule has 4 heterocycles. The lowest BCUT2D eigenvalue weighted by atomic mass is 10.0. The van der Waals surface area contributed by atoms with Gasteiger partial charge in [0, 0.05) is 35.8 Å². The minimum absolute atomic E-state index is 0.00921.